The lowest BCUT2D eigenvalue weighted by Crippen LogP contribution is -2.04. The van der Waals surface area contributed by atoms with E-state index in [2.05, 4.69) is 26.9 Å². The number of rotatable bonds is 5. The van der Waals surface area contributed by atoms with E-state index in [-0.39, 0.29) is 0 Å². The molecule has 0 aliphatic carbocycles. The predicted molar refractivity (Wildman–Crippen MR) is 84.7 cm³/mol. The Hall–Kier alpha value is -2.57. The summed E-state index contributed by atoms with van der Waals surface area (Å²) in [4.78, 5) is 17.3. The first-order valence-corrected chi connectivity index (χ1v) is 7.62. The topological polar surface area (TPSA) is 65.7 Å². The van der Waals surface area contributed by atoms with Crippen LogP contribution < -0.4 is 4.74 Å². The normalized spacial score (nSPS) is 11.1. The molecule has 0 unspecified atom stereocenters. The minimum atomic E-state index is -0.393. The van der Waals surface area contributed by atoms with Gasteiger partial charge in [-0.05, 0) is 26.3 Å². The zero-order valence-corrected chi connectivity index (χ0v) is 13.4. The van der Waals surface area contributed by atoms with Gasteiger partial charge in [0, 0.05) is 18.3 Å². The Bertz CT molecular complexity index is 846. The summed E-state index contributed by atoms with van der Waals surface area (Å²) >= 11 is 0. The quantitative estimate of drug-likeness (QED) is 0.723. The van der Waals surface area contributed by atoms with Crippen molar-refractivity contribution in [2.24, 2.45) is 0 Å². The van der Waals surface area contributed by atoms with Crippen molar-refractivity contribution in [2.75, 3.05) is 6.61 Å². The third kappa shape index (κ3) is 2.86. The smallest absolute Gasteiger partial charge is 0.318 e. The van der Waals surface area contributed by atoms with Crippen molar-refractivity contribution in [3.63, 3.8) is 0 Å². The molecule has 0 aromatic carbocycles. The fraction of sp³-hybridized carbons (Fsp3) is 0.375. The van der Waals surface area contributed by atoms with Gasteiger partial charge in [-0.3, -0.25) is 4.98 Å². The van der Waals surface area contributed by atoms with Crippen LogP contribution in [0.2, 0.25) is 0 Å². The Morgan fingerprint density at radius 2 is 2.00 bits per heavy atom. The Kier molecular flexibility index (Phi) is 4.18. The Morgan fingerprint density at radius 1 is 1.17 bits per heavy atom. The second kappa shape index (κ2) is 6.28. The van der Waals surface area contributed by atoms with Gasteiger partial charge in [-0.2, -0.15) is 9.97 Å². The number of imidazole rings is 1. The molecule has 3 aromatic rings. The van der Waals surface area contributed by atoms with E-state index >= 15 is 0 Å². The molecule has 0 N–H and O–H groups in total. The molecule has 0 spiro atoms. The van der Waals surface area contributed by atoms with E-state index in [0.717, 1.165) is 12.1 Å². The maximum Gasteiger partial charge on any atom is 0.318 e. The number of aromatic nitrogens is 5. The third-order valence-corrected chi connectivity index (χ3v) is 3.43. The lowest BCUT2D eigenvalue weighted by molar-refractivity contribution is 0.313. The molecular weight excluding hydrogens is 297 g/mol. The monoisotopic (exact) mass is 315 g/mol. The molecule has 0 fully saturated rings. The van der Waals surface area contributed by atoms with Crippen molar-refractivity contribution < 1.29 is 9.13 Å². The van der Waals surface area contributed by atoms with E-state index in [9.17, 15) is 4.39 Å². The van der Waals surface area contributed by atoms with Crippen LogP contribution in [0.1, 0.15) is 26.0 Å². The molecule has 0 amide bonds. The predicted octanol–water partition coefficient (Wildman–Crippen LogP) is 3.14. The molecule has 0 atom stereocenters. The van der Waals surface area contributed by atoms with Crippen molar-refractivity contribution >= 4 is 11.2 Å². The highest BCUT2D eigenvalue weighted by Crippen LogP contribution is 2.26. The number of nitrogens with zero attached hydrogens (tertiary/aromatic N) is 5. The molecular formula is C16H18FN5O. The van der Waals surface area contributed by atoms with Gasteiger partial charge in [-0.25, -0.2) is 9.37 Å². The lowest BCUT2D eigenvalue weighted by atomic mass is 10.2. The van der Waals surface area contributed by atoms with E-state index < -0.39 is 5.82 Å². The van der Waals surface area contributed by atoms with Gasteiger partial charge in [0.05, 0.1) is 18.5 Å². The second-order valence-corrected chi connectivity index (χ2v) is 5.18. The van der Waals surface area contributed by atoms with Crippen LogP contribution in [0.3, 0.4) is 0 Å². The van der Waals surface area contributed by atoms with Gasteiger partial charge in [-0.15, -0.1) is 0 Å². The molecule has 0 aliphatic rings. The second-order valence-electron chi connectivity index (χ2n) is 5.18. The minimum absolute atomic E-state index is 0.332. The first-order valence-electron chi connectivity index (χ1n) is 7.62. The van der Waals surface area contributed by atoms with Crippen LogP contribution in [-0.2, 0) is 6.54 Å². The molecule has 0 bridgehead atoms. The highest BCUT2D eigenvalue weighted by atomic mass is 19.1. The molecule has 3 rings (SSSR count). The fourth-order valence-electron chi connectivity index (χ4n) is 2.50. The summed E-state index contributed by atoms with van der Waals surface area (Å²) in [7, 11) is 0. The van der Waals surface area contributed by atoms with Crippen molar-refractivity contribution in [3.8, 4) is 17.4 Å². The van der Waals surface area contributed by atoms with Gasteiger partial charge in [0.15, 0.2) is 5.65 Å². The van der Waals surface area contributed by atoms with E-state index in [1.807, 2.05) is 18.4 Å². The number of hydrogen-bond acceptors (Lipinski definition) is 5. The van der Waals surface area contributed by atoms with Crippen molar-refractivity contribution in [1.82, 2.24) is 24.5 Å². The maximum absolute atomic E-state index is 13.5. The zero-order valence-electron chi connectivity index (χ0n) is 13.4. The molecule has 7 heteroatoms. The summed E-state index contributed by atoms with van der Waals surface area (Å²) in [5, 5.41) is 0. The van der Waals surface area contributed by atoms with E-state index in [1.54, 1.807) is 6.20 Å². The van der Waals surface area contributed by atoms with Gasteiger partial charge >= 0.3 is 6.01 Å². The van der Waals surface area contributed by atoms with E-state index in [1.165, 1.54) is 12.3 Å². The number of fused-ring (bicyclic) bond motifs is 1. The summed E-state index contributed by atoms with van der Waals surface area (Å²) in [6.07, 6.45) is 3.67. The molecule has 3 aromatic heterocycles. The summed E-state index contributed by atoms with van der Waals surface area (Å²) in [5.41, 5.74) is 2.75. The zero-order chi connectivity index (χ0) is 16.4. The standard InChI is InChI=1S/C16H18FN5O/c1-4-6-22-14(11-7-12(17)9-18-8-11)20-13-10(3)19-16(23-5-2)21-15(13)22/h7-9H,4-6H2,1-3H3. The van der Waals surface area contributed by atoms with Crippen molar-refractivity contribution in [1.29, 1.82) is 0 Å². The highest BCUT2D eigenvalue weighted by molar-refractivity contribution is 5.79. The molecule has 120 valence electrons. The van der Waals surface area contributed by atoms with Crippen LogP contribution in [-0.4, -0.2) is 31.1 Å². The third-order valence-electron chi connectivity index (χ3n) is 3.43. The highest BCUT2D eigenvalue weighted by Gasteiger charge is 2.18. The number of pyridine rings is 1. The molecule has 0 saturated carbocycles. The molecule has 23 heavy (non-hydrogen) atoms. The van der Waals surface area contributed by atoms with E-state index in [4.69, 9.17) is 4.74 Å². The molecule has 0 aliphatic heterocycles. The first-order chi connectivity index (χ1) is 11.1. The van der Waals surface area contributed by atoms with Gasteiger partial charge in [0.25, 0.3) is 0 Å². The van der Waals surface area contributed by atoms with Crippen LogP contribution in [0, 0.1) is 12.7 Å². The maximum atomic E-state index is 13.5. The lowest BCUT2D eigenvalue weighted by Gasteiger charge is -2.08. The molecule has 0 saturated heterocycles. The number of halogens is 1. The largest absolute Gasteiger partial charge is 0.464 e. The fourth-order valence-corrected chi connectivity index (χ4v) is 2.50. The molecule has 0 radical (unpaired) electrons. The number of hydrogen-bond donors (Lipinski definition) is 0. The van der Waals surface area contributed by atoms with Crippen LogP contribution >= 0.6 is 0 Å². The summed E-state index contributed by atoms with van der Waals surface area (Å²) in [6, 6.07) is 1.76. The van der Waals surface area contributed by atoms with Crippen LogP contribution in [0.5, 0.6) is 6.01 Å². The average Bonchev–Trinajstić information content (AvgIpc) is 2.88. The molecule has 6 nitrogen and oxygen atoms in total. The van der Waals surface area contributed by atoms with Gasteiger partial charge < -0.3 is 9.30 Å². The Balaban J connectivity index is 2.25. The SMILES string of the molecule is CCCn1c(-c2cncc(F)c2)nc2c(C)nc(OCC)nc21. The van der Waals surface area contributed by atoms with Gasteiger partial charge in [-0.1, -0.05) is 6.92 Å². The summed E-state index contributed by atoms with van der Waals surface area (Å²) in [6.45, 7) is 7.02. The van der Waals surface area contributed by atoms with Crippen LogP contribution in [0.15, 0.2) is 18.5 Å². The summed E-state index contributed by atoms with van der Waals surface area (Å²) < 4.78 is 20.9. The Labute approximate surface area is 133 Å². The van der Waals surface area contributed by atoms with Gasteiger partial charge in [0.1, 0.15) is 17.2 Å². The van der Waals surface area contributed by atoms with Gasteiger partial charge in [0.2, 0.25) is 0 Å². The van der Waals surface area contributed by atoms with Crippen molar-refractivity contribution in [2.45, 2.75) is 33.7 Å². The average molecular weight is 315 g/mol. The first kappa shape index (κ1) is 15.3. The molecule has 3 heterocycles. The number of ether oxygens (including phenoxy) is 1. The number of aryl methyl sites for hydroxylation is 2. The Morgan fingerprint density at radius 3 is 2.70 bits per heavy atom. The minimum Gasteiger partial charge on any atom is -0.464 e. The summed E-state index contributed by atoms with van der Waals surface area (Å²) in [5.74, 6) is 0.246. The van der Waals surface area contributed by atoms with Crippen molar-refractivity contribution in [3.05, 3.63) is 30.0 Å². The van der Waals surface area contributed by atoms with Crippen LogP contribution in [0.4, 0.5) is 4.39 Å². The van der Waals surface area contributed by atoms with Crippen LogP contribution in [0.25, 0.3) is 22.6 Å². The van der Waals surface area contributed by atoms with E-state index in [0.29, 0.717) is 41.7 Å².